The van der Waals surface area contributed by atoms with E-state index < -0.39 is 28.5 Å². The maximum absolute atomic E-state index is 13.6. The lowest BCUT2D eigenvalue weighted by molar-refractivity contribution is -0.120. The van der Waals surface area contributed by atoms with E-state index in [0.29, 0.717) is 10.7 Å². The van der Waals surface area contributed by atoms with Crippen LogP contribution in [0.2, 0.25) is 5.02 Å². The summed E-state index contributed by atoms with van der Waals surface area (Å²) >= 11 is 6.33. The third-order valence-electron chi connectivity index (χ3n) is 6.00. The van der Waals surface area contributed by atoms with E-state index >= 15 is 0 Å². The van der Waals surface area contributed by atoms with Crippen molar-refractivity contribution in [3.63, 3.8) is 0 Å². The van der Waals surface area contributed by atoms with E-state index in [0.717, 1.165) is 26.6 Å². The van der Waals surface area contributed by atoms with Gasteiger partial charge in [0.05, 0.1) is 16.6 Å². The van der Waals surface area contributed by atoms with E-state index in [4.69, 9.17) is 11.6 Å². The highest BCUT2D eigenvalue weighted by Gasteiger charge is 2.29. The summed E-state index contributed by atoms with van der Waals surface area (Å²) in [5, 5.41) is 3.48. The zero-order valence-electron chi connectivity index (χ0n) is 20.1. The Bertz CT molecular complexity index is 1460. The highest BCUT2D eigenvalue weighted by Crippen LogP contribution is 2.29. The normalized spacial score (nSPS) is 12.1. The van der Waals surface area contributed by atoms with Crippen LogP contribution in [0.3, 0.4) is 0 Å². The van der Waals surface area contributed by atoms with E-state index in [9.17, 15) is 13.2 Å². The van der Waals surface area contributed by atoms with Gasteiger partial charge in [-0.15, -0.1) is 0 Å². The Morgan fingerprint density at radius 3 is 2.08 bits per heavy atom. The van der Waals surface area contributed by atoms with Gasteiger partial charge in [-0.1, -0.05) is 90.5 Å². The molecule has 1 amide bonds. The number of rotatable bonds is 8. The van der Waals surface area contributed by atoms with Crippen molar-refractivity contribution in [1.29, 1.82) is 0 Å². The van der Waals surface area contributed by atoms with Crippen molar-refractivity contribution in [1.82, 2.24) is 5.32 Å². The maximum atomic E-state index is 13.6. The molecular weight excluding hydrogens is 492 g/mol. The molecule has 184 valence electrons. The van der Waals surface area contributed by atoms with Crippen LogP contribution in [0.1, 0.15) is 28.3 Å². The molecule has 0 radical (unpaired) electrons. The lowest BCUT2D eigenvalue weighted by atomic mass is 9.95. The Labute approximate surface area is 217 Å². The number of sulfonamides is 1. The van der Waals surface area contributed by atoms with Crippen LogP contribution >= 0.6 is 11.6 Å². The molecular formula is C29H27ClN2O3S. The number of hydrogen-bond donors (Lipinski definition) is 1. The first-order valence-corrected chi connectivity index (χ1v) is 13.3. The summed E-state index contributed by atoms with van der Waals surface area (Å²) in [6.45, 7) is 3.41. The standard InChI is InChI=1S/C29H27ClN2O3S/c1-21-11-9-10-16-26(21)29(23-12-5-3-6-13-23)31-28(33)20-32(24-18-17-22(2)27(30)19-24)36(34,35)25-14-7-4-8-15-25/h3-19,29H,20H2,1-2H3,(H,31,33)/t29-/m0/s1. The summed E-state index contributed by atoms with van der Waals surface area (Å²) in [6, 6.07) is 30.0. The van der Waals surface area contributed by atoms with E-state index in [2.05, 4.69) is 5.32 Å². The predicted octanol–water partition coefficient (Wildman–Crippen LogP) is 6.06. The van der Waals surface area contributed by atoms with Crippen molar-refractivity contribution in [2.75, 3.05) is 10.8 Å². The lowest BCUT2D eigenvalue weighted by Crippen LogP contribution is -2.42. The first kappa shape index (κ1) is 25.5. The molecule has 0 aliphatic carbocycles. The van der Waals surface area contributed by atoms with Crippen molar-refractivity contribution in [3.8, 4) is 0 Å². The van der Waals surface area contributed by atoms with Gasteiger partial charge in [-0.2, -0.15) is 0 Å². The van der Waals surface area contributed by atoms with Crippen LogP contribution in [0.15, 0.2) is 108 Å². The molecule has 1 N–H and O–H groups in total. The van der Waals surface area contributed by atoms with E-state index in [1.165, 1.54) is 12.1 Å². The van der Waals surface area contributed by atoms with Crippen molar-refractivity contribution in [2.45, 2.75) is 24.8 Å². The van der Waals surface area contributed by atoms with Crippen molar-refractivity contribution in [3.05, 3.63) is 130 Å². The number of aryl methyl sites for hydroxylation is 2. The Kier molecular flexibility index (Phi) is 7.77. The monoisotopic (exact) mass is 518 g/mol. The molecule has 36 heavy (non-hydrogen) atoms. The molecule has 0 unspecified atom stereocenters. The van der Waals surface area contributed by atoms with Crippen LogP contribution in [-0.2, 0) is 14.8 Å². The first-order chi connectivity index (χ1) is 17.3. The van der Waals surface area contributed by atoms with Gasteiger partial charge < -0.3 is 5.32 Å². The van der Waals surface area contributed by atoms with Crippen LogP contribution in [0.4, 0.5) is 5.69 Å². The number of benzene rings is 4. The van der Waals surface area contributed by atoms with Gasteiger partial charge in [-0.05, 0) is 60.4 Å². The molecule has 4 aromatic carbocycles. The molecule has 0 aliphatic heterocycles. The molecule has 5 nitrogen and oxygen atoms in total. The Morgan fingerprint density at radius 1 is 0.833 bits per heavy atom. The van der Waals surface area contributed by atoms with E-state index in [-0.39, 0.29) is 4.90 Å². The molecule has 4 rings (SSSR count). The van der Waals surface area contributed by atoms with E-state index in [1.807, 2.05) is 68.4 Å². The minimum Gasteiger partial charge on any atom is -0.344 e. The average Bonchev–Trinajstić information content (AvgIpc) is 2.89. The van der Waals surface area contributed by atoms with Gasteiger partial charge in [0.15, 0.2) is 0 Å². The Morgan fingerprint density at radius 2 is 1.44 bits per heavy atom. The minimum absolute atomic E-state index is 0.0908. The summed E-state index contributed by atoms with van der Waals surface area (Å²) in [6.07, 6.45) is 0. The second kappa shape index (κ2) is 11.0. The van der Waals surface area contributed by atoms with Gasteiger partial charge in [0, 0.05) is 5.02 Å². The number of amides is 1. The number of halogens is 1. The fraction of sp³-hybridized carbons (Fsp3) is 0.138. The molecule has 0 bridgehead atoms. The summed E-state index contributed by atoms with van der Waals surface area (Å²) in [7, 11) is -4.04. The highest BCUT2D eigenvalue weighted by atomic mass is 35.5. The number of anilines is 1. The maximum Gasteiger partial charge on any atom is 0.264 e. The summed E-state index contributed by atoms with van der Waals surface area (Å²) in [4.78, 5) is 13.6. The molecule has 0 saturated carbocycles. The molecule has 0 aliphatic rings. The van der Waals surface area contributed by atoms with Crippen LogP contribution in [-0.4, -0.2) is 20.9 Å². The van der Waals surface area contributed by atoms with Crippen LogP contribution in [0, 0.1) is 13.8 Å². The molecule has 0 spiro atoms. The molecule has 0 aromatic heterocycles. The highest BCUT2D eigenvalue weighted by molar-refractivity contribution is 7.92. The van der Waals surface area contributed by atoms with Crippen LogP contribution in [0.25, 0.3) is 0 Å². The molecule has 0 fully saturated rings. The molecule has 0 heterocycles. The SMILES string of the molecule is Cc1ccc(N(CC(=O)N[C@@H](c2ccccc2)c2ccccc2C)S(=O)(=O)c2ccccc2)cc1Cl. The fourth-order valence-electron chi connectivity index (χ4n) is 4.01. The number of carbonyl (C=O) groups excluding carboxylic acids is 1. The number of nitrogens with one attached hydrogen (secondary N) is 1. The zero-order valence-corrected chi connectivity index (χ0v) is 21.6. The molecule has 1 atom stereocenters. The topological polar surface area (TPSA) is 66.5 Å². The third-order valence-corrected chi connectivity index (χ3v) is 8.19. The smallest absolute Gasteiger partial charge is 0.264 e. The van der Waals surface area contributed by atoms with Crippen molar-refractivity contribution >= 4 is 33.2 Å². The van der Waals surface area contributed by atoms with E-state index in [1.54, 1.807) is 36.4 Å². The lowest BCUT2D eigenvalue weighted by Gasteiger charge is -2.27. The number of nitrogens with zero attached hydrogens (tertiary/aromatic N) is 1. The van der Waals surface area contributed by atoms with Gasteiger partial charge in [-0.3, -0.25) is 9.10 Å². The summed E-state index contributed by atoms with van der Waals surface area (Å²) in [5.41, 5.74) is 3.98. The zero-order chi connectivity index (χ0) is 25.7. The van der Waals surface area contributed by atoms with Gasteiger partial charge in [0.2, 0.25) is 5.91 Å². The second-order valence-corrected chi connectivity index (χ2v) is 10.8. The van der Waals surface area contributed by atoms with Crippen LogP contribution < -0.4 is 9.62 Å². The van der Waals surface area contributed by atoms with Gasteiger partial charge in [0.1, 0.15) is 6.54 Å². The summed E-state index contributed by atoms with van der Waals surface area (Å²) < 4.78 is 28.4. The van der Waals surface area contributed by atoms with Crippen LogP contribution in [0.5, 0.6) is 0 Å². The van der Waals surface area contributed by atoms with Gasteiger partial charge in [-0.25, -0.2) is 8.42 Å². The minimum atomic E-state index is -4.04. The second-order valence-electron chi connectivity index (χ2n) is 8.53. The molecule has 7 heteroatoms. The average molecular weight is 519 g/mol. The predicted molar refractivity (Wildman–Crippen MR) is 145 cm³/mol. The Balaban J connectivity index is 1.71. The fourth-order valence-corrected chi connectivity index (χ4v) is 5.61. The largest absolute Gasteiger partial charge is 0.344 e. The van der Waals surface area contributed by atoms with Crippen molar-refractivity contribution < 1.29 is 13.2 Å². The van der Waals surface area contributed by atoms with Gasteiger partial charge >= 0.3 is 0 Å². The number of carbonyl (C=O) groups is 1. The van der Waals surface area contributed by atoms with Gasteiger partial charge in [0.25, 0.3) is 10.0 Å². The number of hydrogen-bond acceptors (Lipinski definition) is 3. The summed E-state index contributed by atoms with van der Waals surface area (Å²) in [5.74, 6) is -0.441. The first-order valence-electron chi connectivity index (χ1n) is 11.5. The quantitative estimate of drug-likeness (QED) is 0.308. The molecule has 4 aromatic rings. The Hall–Kier alpha value is -3.61. The third kappa shape index (κ3) is 5.61. The van der Waals surface area contributed by atoms with Crippen molar-refractivity contribution in [2.24, 2.45) is 0 Å². The molecule has 0 saturated heterocycles.